The number of benzene rings is 2. The molecule has 0 fully saturated rings. The molecule has 4 N–H and O–H groups in total. The van der Waals surface area contributed by atoms with Crippen molar-refractivity contribution in [2.75, 3.05) is 17.2 Å². The van der Waals surface area contributed by atoms with Crippen LogP contribution in [0.3, 0.4) is 0 Å². The molecule has 6 heteroatoms. The van der Waals surface area contributed by atoms with Gasteiger partial charge in [-0.05, 0) is 68.7 Å². The minimum absolute atomic E-state index is 0.128. The SMILES string of the molecule is Cc1ccc(NC(=O)Nc2ccc(CC(=O)NC(C)(C)CO)cc2)cc1C. The highest BCUT2D eigenvalue weighted by atomic mass is 16.3. The van der Waals surface area contributed by atoms with Gasteiger partial charge in [0, 0.05) is 11.4 Å². The molecule has 0 bridgehead atoms. The van der Waals surface area contributed by atoms with Gasteiger partial charge in [0.2, 0.25) is 5.91 Å². The Kier molecular flexibility index (Phi) is 6.58. The summed E-state index contributed by atoms with van der Waals surface area (Å²) in [7, 11) is 0. The topological polar surface area (TPSA) is 90.5 Å². The van der Waals surface area contributed by atoms with Crippen LogP contribution in [0.25, 0.3) is 0 Å². The third-order valence-electron chi connectivity index (χ3n) is 4.21. The monoisotopic (exact) mass is 369 g/mol. The van der Waals surface area contributed by atoms with Crippen molar-refractivity contribution in [2.45, 2.75) is 39.7 Å². The molecular formula is C21H27N3O3. The molecule has 2 aromatic rings. The Bertz CT molecular complexity index is 814. The summed E-state index contributed by atoms with van der Waals surface area (Å²) in [5.41, 5.74) is 3.82. The van der Waals surface area contributed by atoms with Gasteiger partial charge >= 0.3 is 6.03 Å². The van der Waals surface area contributed by atoms with E-state index in [1.54, 1.807) is 38.1 Å². The average molecular weight is 369 g/mol. The number of urea groups is 1. The molecule has 0 radical (unpaired) electrons. The zero-order chi connectivity index (χ0) is 20.0. The van der Waals surface area contributed by atoms with Crippen molar-refractivity contribution in [3.8, 4) is 0 Å². The van der Waals surface area contributed by atoms with Gasteiger partial charge in [0.15, 0.2) is 0 Å². The molecule has 0 heterocycles. The number of aliphatic hydroxyl groups is 1. The molecule has 0 atom stereocenters. The summed E-state index contributed by atoms with van der Waals surface area (Å²) >= 11 is 0. The van der Waals surface area contributed by atoms with E-state index in [0.29, 0.717) is 5.69 Å². The Hall–Kier alpha value is -2.86. The number of hydrogen-bond acceptors (Lipinski definition) is 3. The Labute approximate surface area is 160 Å². The second-order valence-electron chi connectivity index (χ2n) is 7.34. The molecular weight excluding hydrogens is 342 g/mol. The van der Waals surface area contributed by atoms with Gasteiger partial charge in [-0.2, -0.15) is 0 Å². The predicted octanol–water partition coefficient (Wildman–Crippen LogP) is 3.38. The van der Waals surface area contributed by atoms with Crippen LogP contribution >= 0.6 is 0 Å². The number of rotatable bonds is 6. The van der Waals surface area contributed by atoms with E-state index >= 15 is 0 Å². The summed E-state index contributed by atoms with van der Waals surface area (Å²) in [4.78, 5) is 24.1. The van der Waals surface area contributed by atoms with E-state index in [9.17, 15) is 14.7 Å². The van der Waals surface area contributed by atoms with Gasteiger partial charge < -0.3 is 21.1 Å². The second kappa shape index (κ2) is 8.68. The molecule has 6 nitrogen and oxygen atoms in total. The number of hydrogen-bond donors (Lipinski definition) is 4. The Morgan fingerprint density at radius 1 is 0.926 bits per heavy atom. The van der Waals surface area contributed by atoms with Crippen molar-refractivity contribution in [1.82, 2.24) is 5.32 Å². The van der Waals surface area contributed by atoms with Crippen molar-refractivity contribution in [2.24, 2.45) is 0 Å². The van der Waals surface area contributed by atoms with Crippen LogP contribution in [0, 0.1) is 13.8 Å². The maximum atomic E-state index is 12.1. The highest BCUT2D eigenvalue weighted by Crippen LogP contribution is 2.15. The number of nitrogens with one attached hydrogen (secondary N) is 3. The lowest BCUT2D eigenvalue weighted by atomic mass is 10.1. The highest BCUT2D eigenvalue weighted by molar-refractivity contribution is 5.99. The number of carbonyl (C=O) groups excluding carboxylic acids is 2. The molecule has 2 aromatic carbocycles. The zero-order valence-electron chi connectivity index (χ0n) is 16.2. The molecule has 0 saturated carbocycles. The van der Waals surface area contributed by atoms with E-state index in [1.807, 2.05) is 32.0 Å². The van der Waals surface area contributed by atoms with Crippen molar-refractivity contribution in [3.05, 3.63) is 59.2 Å². The van der Waals surface area contributed by atoms with Crippen LogP contribution in [0.4, 0.5) is 16.2 Å². The highest BCUT2D eigenvalue weighted by Gasteiger charge is 2.18. The Balaban J connectivity index is 1.90. The van der Waals surface area contributed by atoms with Gasteiger partial charge in [0.1, 0.15) is 0 Å². The Morgan fingerprint density at radius 2 is 1.52 bits per heavy atom. The van der Waals surface area contributed by atoms with Crippen LogP contribution in [-0.2, 0) is 11.2 Å². The molecule has 3 amide bonds. The van der Waals surface area contributed by atoms with Gasteiger partial charge in [0.05, 0.1) is 18.6 Å². The number of aliphatic hydroxyl groups excluding tert-OH is 1. The van der Waals surface area contributed by atoms with Gasteiger partial charge in [-0.25, -0.2) is 4.79 Å². The predicted molar refractivity (Wildman–Crippen MR) is 108 cm³/mol. The first-order chi connectivity index (χ1) is 12.7. The van der Waals surface area contributed by atoms with Gasteiger partial charge in [-0.1, -0.05) is 18.2 Å². The van der Waals surface area contributed by atoms with E-state index in [4.69, 9.17) is 0 Å². The molecule has 0 saturated heterocycles. The van der Waals surface area contributed by atoms with Crippen LogP contribution in [0.5, 0.6) is 0 Å². The molecule has 0 aliphatic carbocycles. The molecule has 0 spiro atoms. The minimum atomic E-state index is -0.648. The van der Waals surface area contributed by atoms with Crippen molar-refractivity contribution in [3.63, 3.8) is 0 Å². The molecule has 0 aliphatic heterocycles. The van der Waals surface area contributed by atoms with Crippen LogP contribution in [-0.4, -0.2) is 29.2 Å². The molecule has 0 aromatic heterocycles. The van der Waals surface area contributed by atoms with Crippen LogP contribution in [0.1, 0.15) is 30.5 Å². The Morgan fingerprint density at radius 3 is 2.11 bits per heavy atom. The number of amides is 3. The summed E-state index contributed by atoms with van der Waals surface area (Å²) in [6, 6.07) is 12.5. The number of carbonyl (C=O) groups is 2. The van der Waals surface area contributed by atoms with Crippen LogP contribution in [0.2, 0.25) is 0 Å². The maximum Gasteiger partial charge on any atom is 0.323 e. The minimum Gasteiger partial charge on any atom is -0.394 e. The first-order valence-electron chi connectivity index (χ1n) is 8.84. The molecule has 0 unspecified atom stereocenters. The van der Waals surface area contributed by atoms with Crippen LogP contribution < -0.4 is 16.0 Å². The fourth-order valence-corrected chi connectivity index (χ4v) is 2.47. The smallest absolute Gasteiger partial charge is 0.323 e. The van der Waals surface area contributed by atoms with Gasteiger partial charge in [-0.15, -0.1) is 0 Å². The molecule has 27 heavy (non-hydrogen) atoms. The third kappa shape index (κ3) is 6.42. The van der Waals surface area contributed by atoms with Crippen molar-refractivity contribution < 1.29 is 14.7 Å². The lowest BCUT2D eigenvalue weighted by Gasteiger charge is -2.23. The first kappa shape index (κ1) is 20.5. The summed E-state index contributed by atoms with van der Waals surface area (Å²) < 4.78 is 0. The largest absolute Gasteiger partial charge is 0.394 e. The summed E-state index contributed by atoms with van der Waals surface area (Å²) in [5, 5.41) is 17.5. The summed E-state index contributed by atoms with van der Waals surface area (Å²) in [6.07, 6.45) is 0.207. The lowest BCUT2D eigenvalue weighted by Crippen LogP contribution is -2.46. The summed E-state index contributed by atoms with van der Waals surface area (Å²) in [6.45, 7) is 7.40. The standard InChI is InChI=1S/C21H27N3O3/c1-14-5-8-18(11-15(14)2)23-20(27)22-17-9-6-16(7-10-17)12-19(26)24-21(3,4)13-25/h5-11,25H,12-13H2,1-4H3,(H,24,26)(H2,22,23,27). The zero-order valence-corrected chi connectivity index (χ0v) is 16.2. The summed E-state index contributed by atoms with van der Waals surface area (Å²) in [5.74, 6) is -0.165. The maximum absolute atomic E-state index is 12.1. The quantitative estimate of drug-likeness (QED) is 0.629. The van der Waals surface area contributed by atoms with E-state index < -0.39 is 5.54 Å². The lowest BCUT2D eigenvalue weighted by molar-refractivity contribution is -0.122. The fraction of sp³-hybridized carbons (Fsp3) is 0.333. The fourth-order valence-electron chi connectivity index (χ4n) is 2.47. The van der Waals surface area contributed by atoms with Gasteiger partial charge in [0.25, 0.3) is 0 Å². The number of aryl methyl sites for hydroxylation is 2. The first-order valence-corrected chi connectivity index (χ1v) is 8.84. The molecule has 0 aliphatic rings. The van der Waals surface area contributed by atoms with Crippen LogP contribution in [0.15, 0.2) is 42.5 Å². The van der Waals surface area contributed by atoms with E-state index in [2.05, 4.69) is 16.0 Å². The third-order valence-corrected chi connectivity index (χ3v) is 4.21. The van der Waals surface area contributed by atoms with E-state index in [-0.39, 0.29) is 25.0 Å². The average Bonchev–Trinajstić information content (AvgIpc) is 2.59. The normalized spacial score (nSPS) is 11.0. The van der Waals surface area contributed by atoms with E-state index in [1.165, 1.54) is 5.56 Å². The molecule has 2 rings (SSSR count). The van der Waals surface area contributed by atoms with E-state index in [0.717, 1.165) is 16.8 Å². The van der Waals surface area contributed by atoms with Crippen molar-refractivity contribution >= 4 is 23.3 Å². The van der Waals surface area contributed by atoms with Crippen molar-refractivity contribution in [1.29, 1.82) is 0 Å². The van der Waals surface area contributed by atoms with Gasteiger partial charge in [-0.3, -0.25) is 4.79 Å². The second-order valence-corrected chi connectivity index (χ2v) is 7.34. The number of anilines is 2. The molecule has 144 valence electrons.